The zero-order valence-corrected chi connectivity index (χ0v) is 33.3. The number of aliphatic hydroxyl groups is 2. The highest BCUT2D eigenvalue weighted by molar-refractivity contribution is 6.34. The zero-order chi connectivity index (χ0) is 40.9. The molecule has 5 rings (SSSR count). The first kappa shape index (κ1) is 41.4. The Morgan fingerprint density at radius 3 is 2.25 bits per heavy atom. The lowest BCUT2D eigenvalue weighted by atomic mass is 9.78. The second-order valence-corrected chi connectivity index (χ2v) is 15.8. The van der Waals surface area contributed by atoms with E-state index in [9.17, 15) is 34.5 Å². The smallest absolute Gasteiger partial charge is 0.312 e. The summed E-state index contributed by atoms with van der Waals surface area (Å²) < 4.78 is 23.7. The van der Waals surface area contributed by atoms with Gasteiger partial charge in [-0.3, -0.25) is 24.2 Å². The molecule has 0 saturated carbocycles. The van der Waals surface area contributed by atoms with Crippen molar-refractivity contribution >= 4 is 29.2 Å². The first-order valence-electron chi connectivity index (χ1n) is 18.5. The number of aromatic hydroxyl groups is 1. The highest BCUT2D eigenvalue weighted by Crippen LogP contribution is 2.49. The summed E-state index contributed by atoms with van der Waals surface area (Å²) in [5.41, 5.74) is -0.299. The van der Waals surface area contributed by atoms with Crippen LogP contribution in [-0.4, -0.2) is 93.9 Å². The molecule has 5 N–H and O–H groups in total. The summed E-state index contributed by atoms with van der Waals surface area (Å²) in [7, 11) is 1.45. The number of phenolic OH excluding ortho intramolecular Hbond substituents is 1. The van der Waals surface area contributed by atoms with E-state index < -0.39 is 88.6 Å². The molecule has 55 heavy (non-hydrogen) atoms. The molecular weight excluding hydrogens is 710 g/mol. The number of benzene rings is 1. The van der Waals surface area contributed by atoms with Crippen molar-refractivity contribution in [1.82, 2.24) is 10.6 Å². The molecule has 1 amide bonds. The lowest BCUT2D eigenvalue weighted by molar-refractivity contribution is -0.160. The lowest BCUT2D eigenvalue weighted by Crippen LogP contribution is -2.47. The molecule has 1 aromatic rings. The highest BCUT2D eigenvalue weighted by Gasteiger charge is 2.53. The van der Waals surface area contributed by atoms with Crippen molar-refractivity contribution in [3.05, 3.63) is 69.8 Å². The van der Waals surface area contributed by atoms with Gasteiger partial charge in [-0.05, 0) is 33.8 Å². The maximum absolute atomic E-state index is 14.4. The summed E-state index contributed by atoms with van der Waals surface area (Å²) in [6, 6.07) is 0. The van der Waals surface area contributed by atoms with Crippen molar-refractivity contribution < 1.29 is 53.4 Å². The number of nitrogens with zero attached hydrogens (tertiary/aromatic N) is 1. The molecule has 3 heterocycles. The van der Waals surface area contributed by atoms with Crippen molar-refractivity contribution in [2.45, 2.75) is 105 Å². The number of esters is 1. The fourth-order valence-electron chi connectivity index (χ4n) is 7.64. The molecule has 0 unspecified atom stereocenters. The van der Waals surface area contributed by atoms with Crippen LogP contribution in [0.3, 0.4) is 0 Å². The van der Waals surface area contributed by atoms with Crippen LogP contribution in [0.1, 0.15) is 94.2 Å². The van der Waals surface area contributed by atoms with E-state index in [0.717, 1.165) is 0 Å². The number of ether oxygens (including phenoxy) is 4. The Bertz CT molecular complexity index is 1940. The average Bonchev–Trinajstić information content (AvgIpc) is 3.39. The molecule has 0 spiro atoms. The Morgan fingerprint density at radius 1 is 0.945 bits per heavy atom. The number of aliphatic imine (C=N–C) groups is 1. The summed E-state index contributed by atoms with van der Waals surface area (Å²) in [5, 5.41) is 40.3. The van der Waals surface area contributed by atoms with Crippen LogP contribution < -0.4 is 15.4 Å². The minimum Gasteiger partial charge on any atom is -0.507 e. The minimum atomic E-state index is -1.96. The number of allylic oxidation sites excluding steroid dienone is 4. The van der Waals surface area contributed by atoms with Crippen LogP contribution in [0.25, 0.3) is 0 Å². The molecule has 0 radical (unpaired) electrons. The molecule has 5 bridgehead atoms. The molecule has 14 heteroatoms. The summed E-state index contributed by atoms with van der Waals surface area (Å²) in [6.45, 7) is 16.7. The molecule has 298 valence electrons. The standard InChI is InChI=1S/C41H53N3O11/c1-18-13-12-14-19(2)39(51)43-31-30-29(44-40(8,9)17-42-30)26-27(35(31)49)34(48)23(6)37-28(26)38(50)41(10,55-37)53-16-15-25(52-11)20(3)36(54-24(7)45)22(5)33(47)21(4)32(18)46/h12-16,18,20-22,25,32-33,36,42,46-48H,17H2,1-11H3,(H,43,51)/b13-12+,16-15+,19-14-/t18-,20+,21+,22+,25-,32-,33+,36+,41-/m0/s1. The fraction of sp³-hybridized carbons (Fsp3) is 0.537. The summed E-state index contributed by atoms with van der Waals surface area (Å²) in [6.07, 6.45) is 3.82. The first-order valence-corrected chi connectivity index (χ1v) is 18.5. The van der Waals surface area contributed by atoms with E-state index >= 15 is 0 Å². The van der Waals surface area contributed by atoms with Crippen LogP contribution >= 0.6 is 0 Å². The largest absolute Gasteiger partial charge is 0.507 e. The van der Waals surface area contributed by atoms with Gasteiger partial charge in [-0.2, -0.15) is 0 Å². The normalized spacial score (nSPS) is 34.5. The Kier molecular flexibility index (Phi) is 11.6. The van der Waals surface area contributed by atoms with Crippen LogP contribution in [0.4, 0.5) is 0 Å². The number of aliphatic hydroxyl groups excluding tert-OH is 2. The third-order valence-corrected chi connectivity index (χ3v) is 11.1. The van der Waals surface area contributed by atoms with Crippen molar-refractivity contribution in [3.63, 3.8) is 0 Å². The number of nitrogens with one attached hydrogen (secondary N) is 2. The molecule has 0 aromatic heterocycles. The third kappa shape index (κ3) is 7.59. The summed E-state index contributed by atoms with van der Waals surface area (Å²) >= 11 is 0. The Labute approximate surface area is 321 Å². The van der Waals surface area contributed by atoms with Gasteiger partial charge in [0.15, 0.2) is 0 Å². The topological polar surface area (TPSA) is 202 Å². The Morgan fingerprint density at radius 2 is 1.62 bits per heavy atom. The number of rotatable bonds is 2. The number of hydrogen-bond donors (Lipinski definition) is 5. The van der Waals surface area contributed by atoms with Crippen LogP contribution in [0, 0.1) is 30.6 Å². The van der Waals surface area contributed by atoms with Gasteiger partial charge in [0, 0.05) is 67.9 Å². The zero-order valence-electron chi connectivity index (χ0n) is 33.3. The van der Waals surface area contributed by atoms with Gasteiger partial charge in [-0.1, -0.05) is 45.9 Å². The van der Waals surface area contributed by atoms with Crippen LogP contribution in [0.15, 0.2) is 52.5 Å². The second-order valence-electron chi connectivity index (χ2n) is 15.8. The molecule has 0 fully saturated rings. The number of Topliss-reactive ketones (excluding diaryl/α,β-unsaturated/α-hetero) is 2. The predicted octanol–water partition coefficient (Wildman–Crippen LogP) is 3.95. The average molecular weight is 764 g/mol. The molecule has 0 saturated heterocycles. The van der Waals surface area contributed by atoms with Crippen LogP contribution in [-0.2, 0) is 23.8 Å². The molecular formula is C41H53N3O11. The summed E-state index contributed by atoms with van der Waals surface area (Å²) in [4.78, 5) is 59.6. The monoisotopic (exact) mass is 763 g/mol. The number of hydrogen-bond acceptors (Lipinski definition) is 13. The number of amides is 1. The Hall–Kier alpha value is -4.79. The van der Waals surface area contributed by atoms with E-state index in [-0.39, 0.29) is 50.7 Å². The molecule has 9 atom stereocenters. The third-order valence-electron chi connectivity index (χ3n) is 11.1. The van der Waals surface area contributed by atoms with Crippen molar-refractivity contribution in [3.8, 4) is 11.5 Å². The number of carbonyl (C=O) groups is 4. The molecule has 4 aliphatic rings. The van der Waals surface area contributed by atoms with Gasteiger partial charge < -0.3 is 44.9 Å². The van der Waals surface area contributed by atoms with Crippen molar-refractivity contribution in [2.24, 2.45) is 28.7 Å². The van der Waals surface area contributed by atoms with E-state index in [1.54, 1.807) is 46.8 Å². The molecule has 3 aliphatic heterocycles. The van der Waals surface area contributed by atoms with Crippen LogP contribution in [0.2, 0.25) is 0 Å². The van der Waals surface area contributed by atoms with Crippen molar-refractivity contribution in [2.75, 3.05) is 13.7 Å². The maximum atomic E-state index is 14.4. The first-order chi connectivity index (χ1) is 25.7. The number of ketones is 2. The number of fused-ring (bicyclic) bond motifs is 3. The number of phenols is 1. The van der Waals surface area contributed by atoms with E-state index in [0.29, 0.717) is 6.54 Å². The second kappa shape index (κ2) is 15.4. The van der Waals surface area contributed by atoms with E-state index in [1.165, 1.54) is 46.3 Å². The van der Waals surface area contributed by atoms with E-state index in [1.807, 2.05) is 13.8 Å². The van der Waals surface area contributed by atoms with Gasteiger partial charge in [-0.15, -0.1) is 0 Å². The SMILES string of the molecule is CO[C@H]1/C=C/O[C@@]2(C)Oc3c(C)c(O)c4c(c3C2=O)C2=NC(C)(C)CNC2=C(NC(=O)/C(C)=C\C=C\[C@H](C)[C@H](O)[C@@H](C)[C@@H](O)[C@@H](C)[C@H](OC(C)=O)[C@@H]1C)C4=O. The molecule has 14 nitrogen and oxygen atoms in total. The quantitative estimate of drug-likeness (QED) is 0.272. The fourth-order valence-corrected chi connectivity index (χ4v) is 7.64. The van der Waals surface area contributed by atoms with Gasteiger partial charge >= 0.3 is 11.8 Å². The van der Waals surface area contributed by atoms with Crippen molar-refractivity contribution in [1.29, 1.82) is 0 Å². The lowest BCUT2D eigenvalue weighted by Gasteiger charge is -2.38. The summed E-state index contributed by atoms with van der Waals surface area (Å²) in [5.74, 6) is -7.32. The van der Waals surface area contributed by atoms with E-state index in [2.05, 4.69) is 10.6 Å². The van der Waals surface area contributed by atoms with Gasteiger partial charge in [0.05, 0.1) is 52.6 Å². The minimum absolute atomic E-state index is 0.00818. The van der Waals surface area contributed by atoms with E-state index in [4.69, 9.17) is 23.9 Å². The Balaban J connectivity index is 1.68. The van der Waals surface area contributed by atoms with Gasteiger partial charge in [0.25, 0.3) is 11.7 Å². The number of carbonyl (C=O) groups excluding carboxylic acids is 4. The maximum Gasteiger partial charge on any atom is 0.312 e. The van der Waals surface area contributed by atoms with Gasteiger partial charge in [0.2, 0.25) is 5.78 Å². The predicted molar refractivity (Wildman–Crippen MR) is 202 cm³/mol. The van der Waals surface area contributed by atoms with Gasteiger partial charge in [0.1, 0.15) is 23.3 Å². The number of methoxy groups -OCH3 is 1. The van der Waals surface area contributed by atoms with Gasteiger partial charge in [-0.25, -0.2) is 0 Å². The highest BCUT2D eigenvalue weighted by atomic mass is 16.7. The van der Waals surface area contributed by atoms with Crippen LogP contribution in [0.5, 0.6) is 11.5 Å². The molecule has 1 aromatic carbocycles. The molecule has 1 aliphatic carbocycles.